The summed E-state index contributed by atoms with van der Waals surface area (Å²) in [7, 11) is 0. The van der Waals surface area contributed by atoms with Gasteiger partial charge in [-0.2, -0.15) is 0 Å². The third kappa shape index (κ3) is 11.3. The van der Waals surface area contributed by atoms with Crippen LogP contribution in [-0.2, 0) is 9.53 Å². The Kier molecular flexibility index (Phi) is 5.24. The molecule has 0 bridgehead atoms. The molecule has 0 fully saturated rings. The zero-order chi connectivity index (χ0) is 12.1. The maximum atomic E-state index is 11.3. The zero-order valence-electron chi connectivity index (χ0n) is 10.4. The maximum Gasteiger partial charge on any atom is 0.307 e. The number of hydrogen-bond acceptors (Lipinski definition) is 4. The second kappa shape index (κ2) is 5.47. The molecule has 0 rings (SSSR count). The standard InChI is InChI=1S/C11H23NO3/c1-10(2,3)15-9(13)6-7-12-8-11(4,5)14/h12,14H,6-8H2,1-5H3. The smallest absolute Gasteiger partial charge is 0.307 e. The number of carbonyl (C=O) groups excluding carboxylic acids is 1. The van der Waals surface area contributed by atoms with Crippen molar-refractivity contribution in [3.05, 3.63) is 0 Å². The summed E-state index contributed by atoms with van der Waals surface area (Å²) in [5.41, 5.74) is -1.17. The van der Waals surface area contributed by atoms with E-state index in [0.717, 1.165) is 0 Å². The van der Waals surface area contributed by atoms with E-state index in [0.29, 0.717) is 19.5 Å². The highest BCUT2D eigenvalue weighted by molar-refractivity contribution is 5.70. The van der Waals surface area contributed by atoms with Gasteiger partial charge in [0.25, 0.3) is 0 Å². The van der Waals surface area contributed by atoms with E-state index >= 15 is 0 Å². The molecule has 0 aromatic rings. The molecule has 4 heteroatoms. The van der Waals surface area contributed by atoms with Crippen molar-refractivity contribution in [1.82, 2.24) is 5.32 Å². The highest BCUT2D eigenvalue weighted by Gasteiger charge is 2.16. The maximum absolute atomic E-state index is 11.3. The lowest BCUT2D eigenvalue weighted by atomic mass is 10.1. The number of rotatable bonds is 5. The second-order valence-corrected chi connectivity index (χ2v) is 5.33. The molecule has 0 aliphatic heterocycles. The number of esters is 1. The van der Waals surface area contributed by atoms with Crippen LogP contribution >= 0.6 is 0 Å². The monoisotopic (exact) mass is 217 g/mol. The minimum Gasteiger partial charge on any atom is -0.460 e. The van der Waals surface area contributed by atoms with Crippen LogP contribution in [0.3, 0.4) is 0 Å². The molecule has 90 valence electrons. The molecule has 0 aliphatic rings. The molecule has 0 unspecified atom stereocenters. The first-order valence-corrected chi connectivity index (χ1v) is 5.25. The molecule has 0 spiro atoms. The van der Waals surface area contributed by atoms with Crippen molar-refractivity contribution in [3.8, 4) is 0 Å². The molecule has 0 aliphatic carbocycles. The third-order valence-electron chi connectivity index (χ3n) is 1.48. The summed E-state index contributed by atoms with van der Waals surface area (Å²) in [5, 5.41) is 12.4. The van der Waals surface area contributed by atoms with Gasteiger partial charge in [-0.25, -0.2) is 0 Å². The van der Waals surface area contributed by atoms with E-state index in [1.165, 1.54) is 0 Å². The largest absolute Gasteiger partial charge is 0.460 e. The van der Waals surface area contributed by atoms with Gasteiger partial charge in [-0.05, 0) is 34.6 Å². The van der Waals surface area contributed by atoms with Gasteiger partial charge in [-0.1, -0.05) is 0 Å². The molecular formula is C11H23NO3. The molecule has 0 aromatic carbocycles. The highest BCUT2D eigenvalue weighted by Crippen LogP contribution is 2.07. The summed E-state index contributed by atoms with van der Waals surface area (Å²) >= 11 is 0. The fourth-order valence-electron chi connectivity index (χ4n) is 0.977. The van der Waals surface area contributed by atoms with Gasteiger partial charge in [0.05, 0.1) is 12.0 Å². The van der Waals surface area contributed by atoms with E-state index in [2.05, 4.69) is 5.32 Å². The van der Waals surface area contributed by atoms with Gasteiger partial charge < -0.3 is 15.2 Å². The third-order valence-corrected chi connectivity index (χ3v) is 1.48. The van der Waals surface area contributed by atoms with Crippen LogP contribution in [0.2, 0.25) is 0 Å². The van der Waals surface area contributed by atoms with Crippen molar-refractivity contribution in [3.63, 3.8) is 0 Å². The lowest BCUT2D eigenvalue weighted by Crippen LogP contribution is -2.36. The van der Waals surface area contributed by atoms with Crippen molar-refractivity contribution in [1.29, 1.82) is 0 Å². The van der Waals surface area contributed by atoms with Crippen LogP contribution in [0.5, 0.6) is 0 Å². The Labute approximate surface area is 92.0 Å². The van der Waals surface area contributed by atoms with E-state index in [4.69, 9.17) is 4.74 Å². The van der Waals surface area contributed by atoms with Gasteiger partial charge in [0, 0.05) is 13.1 Å². The van der Waals surface area contributed by atoms with Gasteiger partial charge in [0.2, 0.25) is 0 Å². The SMILES string of the molecule is CC(C)(O)CNCCC(=O)OC(C)(C)C. The first-order valence-electron chi connectivity index (χ1n) is 5.25. The summed E-state index contributed by atoms with van der Waals surface area (Å²) in [6, 6.07) is 0. The lowest BCUT2D eigenvalue weighted by molar-refractivity contribution is -0.154. The van der Waals surface area contributed by atoms with Crippen LogP contribution in [0.1, 0.15) is 41.0 Å². The Morgan fingerprint density at radius 3 is 2.20 bits per heavy atom. The molecule has 0 radical (unpaired) electrons. The molecular weight excluding hydrogens is 194 g/mol. The first kappa shape index (κ1) is 14.4. The summed E-state index contributed by atoms with van der Waals surface area (Å²) in [6.45, 7) is 9.95. The van der Waals surface area contributed by atoms with Crippen molar-refractivity contribution in [2.24, 2.45) is 0 Å². The summed E-state index contributed by atoms with van der Waals surface area (Å²) in [6.07, 6.45) is 0.327. The van der Waals surface area contributed by atoms with Gasteiger partial charge in [-0.15, -0.1) is 0 Å². The van der Waals surface area contributed by atoms with Crippen LogP contribution in [-0.4, -0.2) is 35.4 Å². The number of ether oxygens (including phenoxy) is 1. The fraction of sp³-hybridized carbons (Fsp3) is 0.909. The Morgan fingerprint density at radius 1 is 1.27 bits per heavy atom. The number of aliphatic hydroxyl groups is 1. The average molecular weight is 217 g/mol. The Bertz CT molecular complexity index is 201. The van der Waals surface area contributed by atoms with Crippen LogP contribution in [0, 0.1) is 0 Å². The molecule has 2 N–H and O–H groups in total. The molecule has 0 aromatic heterocycles. The molecule has 0 amide bonds. The van der Waals surface area contributed by atoms with Gasteiger partial charge in [0.15, 0.2) is 0 Å². The molecule has 0 saturated heterocycles. The van der Waals surface area contributed by atoms with Gasteiger partial charge in [0.1, 0.15) is 5.60 Å². The van der Waals surface area contributed by atoms with Crippen LogP contribution in [0.15, 0.2) is 0 Å². The number of hydrogen-bond donors (Lipinski definition) is 2. The predicted octanol–water partition coefficient (Wildman–Crippen LogP) is 1.08. The Balaban J connectivity index is 3.57. The van der Waals surface area contributed by atoms with Crippen LogP contribution < -0.4 is 5.32 Å². The topological polar surface area (TPSA) is 58.6 Å². The first-order chi connectivity index (χ1) is 6.60. The van der Waals surface area contributed by atoms with E-state index in [-0.39, 0.29) is 5.97 Å². The summed E-state index contributed by atoms with van der Waals surface area (Å²) in [4.78, 5) is 11.3. The van der Waals surface area contributed by atoms with E-state index < -0.39 is 11.2 Å². The second-order valence-electron chi connectivity index (χ2n) is 5.33. The molecule has 0 heterocycles. The van der Waals surface area contributed by atoms with E-state index in [1.54, 1.807) is 13.8 Å². The van der Waals surface area contributed by atoms with Crippen molar-refractivity contribution >= 4 is 5.97 Å². The Hall–Kier alpha value is -0.610. The molecule has 15 heavy (non-hydrogen) atoms. The minimum absolute atomic E-state index is 0.217. The fourth-order valence-corrected chi connectivity index (χ4v) is 0.977. The summed E-state index contributed by atoms with van der Waals surface area (Å²) < 4.78 is 5.13. The number of nitrogens with one attached hydrogen (secondary N) is 1. The normalized spacial score (nSPS) is 12.7. The van der Waals surface area contributed by atoms with E-state index in [9.17, 15) is 9.90 Å². The Morgan fingerprint density at radius 2 is 1.80 bits per heavy atom. The van der Waals surface area contributed by atoms with Crippen LogP contribution in [0.4, 0.5) is 0 Å². The highest BCUT2D eigenvalue weighted by atomic mass is 16.6. The van der Waals surface area contributed by atoms with Crippen molar-refractivity contribution < 1.29 is 14.6 Å². The van der Waals surface area contributed by atoms with Gasteiger partial charge in [-0.3, -0.25) is 4.79 Å². The number of carbonyl (C=O) groups is 1. The van der Waals surface area contributed by atoms with Crippen molar-refractivity contribution in [2.45, 2.75) is 52.2 Å². The van der Waals surface area contributed by atoms with Crippen LogP contribution in [0.25, 0.3) is 0 Å². The summed E-state index contributed by atoms with van der Waals surface area (Å²) in [5.74, 6) is -0.217. The van der Waals surface area contributed by atoms with Crippen molar-refractivity contribution in [2.75, 3.05) is 13.1 Å². The van der Waals surface area contributed by atoms with Gasteiger partial charge >= 0.3 is 5.97 Å². The predicted molar refractivity (Wildman–Crippen MR) is 59.6 cm³/mol. The lowest BCUT2D eigenvalue weighted by Gasteiger charge is -2.20. The van der Waals surface area contributed by atoms with E-state index in [1.807, 2.05) is 20.8 Å². The minimum atomic E-state index is -0.742. The zero-order valence-corrected chi connectivity index (χ0v) is 10.4. The molecule has 4 nitrogen and oxygen atoms in total. The molecule has 0 atom stereocenters. The quantitative estimate of drug-likeness (QED) is 0.534. The average Bonchev–Trinajstić information content (AvgIpc) is 1.92. The molecule has 0 saturated carbocycles.